The second-order valence-corrected chi connectivity index (χ2v) is 8.92. The van der Waals surface area contributed by atoms with Crippen LogP contribution in [-0.4, -0.2) is 41.2 Å². The molecule has 0 aromatic heterocycles. The number of nitrogens with zero attached hydrogens (tertiary/aromatic N) is 2. The van der Waals surface area contributed by atoms with Gasteiger partial charge in [-0.1, -0.05) is 66.4 Å². The Labute approximate surface area is 188 Å². The van der Waals surface area contributed by atoms with E-state index >= 15 is 0 Å². The molecule has 1 heterocycles. The SMILES string of the molecule is CCCCCCN(CC(=O)N1CCc2ccccc2C1C)C(=O)c1ccc(Br)cc1. The van der Waals surface area contributed by atoms with Gasteiger partial charge in [0.15, 0.2) is 0 Å². The Bertz CT molecular complexity index is 866. The van der Waals surface area contributed by atoms with Gasteiger partial charge in [-0.25, -0.2) is 0 Å². The zero-order chi connectivity index (χ0) is 21.5. The van der Waals surface area contributed by atoms with Crippen molar-refractivity contribution in [3.8, 4) is 0 Å². The number of unbranched alkanes of at least 4 members (excludes halogenated alkanes) is 3. The molecule has 1 aliphatic rings. The summed E-state index contributed by atoms with van der Waals surface area (Å²) in [5.74, 6) is -0.0460. The number of carbonyl (C=O) groups excluding carboxylic acids is 2. The maximum absolute atomic E-state index is 13.2. The van der Waals surface area contributed by atoms with Crippen molar-refractivity contribution >= 4 is 27.7 Å². The molecule has 0 radical (unpaired) electrons. The first-order valence-corrected chi connectivity index (χ1v) is 11.7. The summed E-state index contributed by atoms with van der Waals surface area (Å²) in [6, 6.07) is 15.7. The van der Waals surface area contributed by atoms with Crippen LogP contribution in [0.3, 0.4) is 0 Å². The van der Waals surface area contributed by atoms with Gasteiger partial charge < -0.3 is 9.80 Å². The Balaban J connectivity index is 1.72. The first kappa shape index (κ1) is 22.5. The van der Waals surface area contributed by atoms with Crippen LogP contribution in [-0.2, 0) is 11.2 Å². The van der Waals surface area contributed by atoms with Gasteiger partial charge in [0.05, 0.1) is 6.04 Å². The molecular weight excluding hydrogens is 440 g/mol. The minimum absolute atomic E-state index is 0.0259. The third-order valence-electron chi connectivity index (χ3n) is 5.90. The van der Waals surface area contributed by atoms with Crippen LogP contribution in [0.2, 0.25) is 0 Å². The maximum Gasteiger partial charge on any atom is 0.254 e. The van der Waals surface area contributed by atoms with Gasteiger partial charge in [0.1, 0.15) is 6.54 Å². The van der Waals surface area contributed by atoms with Crippen molar-refractivity contribution in [1.82, 2.24) is 9.80 Å². The van der Waals surface area contributed by atoms with Crippen molar-refractivity contribution in [2.45, 2.75) is 52.0 Å². The van der Waals surface area contributed by atoms with Gasteiger partial charge in [0.25, 0.3) is 5.91 Å². The quantitative estimate of drug-likeness (QED) is 0.469. The van der Waals surface area contributed by atoms with Gasteiger partial charge in [-0.05, 0) is 55.2 Å². The third-order valence-corrected chi connectivity index (χ3v) is 6.43. The first-order chi connectivity index (χ1) is 14.5. The minimum Gasteiger partial charge on any atom is -0.334 e. The molecule has 2 aromatic rings. The zero-order valence-electron chi connectivity index (χ0n) is 17.9. The number of hydrogen-bond donors (Lipinski definition) is 0. The van der Waals surface area contributed by atoms with E-state index in [1.54, 1.807) is 4.90 Å². The molecule has 3 rings (SSSR count). The summed E-state index contributed by atoms with van der Waals surface area (Å²) in [7, 11) is 0. The predicted molar refractivity (Wildman–Crippen MR) is 124 cm³/mol. The Hall–Kier alpha value is -2.14. The number of benzene rings is 2. The van der Waals surface area contributed by atoms with E-state index in [0.717, 1.165) is 36.6 Å². The molecular formula is C25H31BrN2O2. The van der Waals surface area contributed by atoms with Crippen LogP contribution in [0.5, 0.6) is 0 Å². The fourth-order valence-corrected chi connectivity index (χ4v) is 4.39. The van der Waals surface area contributed by atoms with Gasteiger partial charge >= 0.3 is 0 Å². The van der Waals surface area contributed by atoms with E-state index in [1.807, 2.05) is 35.2 Å². The van der Waals surface area contributed by atoms with Crippen LogP contribution in [0.25, 0.3) is 0 Å². The second-order valence-electron chi connectivity index (χ2n) is 8.01. The van der Waals surface area contributed by atoms with E-state index in [4.69, 9.17) is 0 Å². The molecule has 2 aromatic carbocycles. The zero-order valence-corrected chi connectivity index (χ0v) is 19.5. The summed E-state index contributed by atoms with van der Waals surface area (Å²) >= 11 is 3.42. The lowest BCUT2D eigenvalue weighted by Gasteiger charge is -2.36. The van der Waals surface area contributed by atoms with Gasteiger partial charge in [0, 0.05) is 23.1 Å². The minimum atomic E-state index is -0.0718. The van der Waals surface area contributed by atoms with Crippen LogP contribution in [0, 0.1) is 0 Å². The van der Waals surface area contributed by atoms with E-state index in [1.165, 1.54) is 11.1 Å². The average molecular weight is 471 g/mol. The van der Waals surface area contributed by atoms with Gasteiger partial charge in [0.2, 0.25) is 5.91 Å². The maximum atomic E-state index is 13.2. The van der Waals surface area contributed by atoms with Gasteiger partial charge in [-0.2, -0.15) is 0 Å². The third kappa shape index (κ3) is 5.51. The van der Waals surface area contributed by atoms with Crippen LogP contribution in [0.4, 0.5) is 0 Å². The fourth-order valence-electron chi connectivity index (χ4n) is 4.12. The van der Waals surface area contributed by atoms with E-state index < -0.39 is 0 Å². The number of amides is 2. The lowest BCUT2D eigenvalue weighted by atomic mass is 9.93. The lowest BCUT2D eigenvalue weighted by molar-refractivity contribution is -0.134. The van der Waals surface area contributed by atoms with E-state index in [0.29, 0.717) is 18.7 Å². The molecule has 30 heavy (non-hydrogen) atoms. The van der Waals surface area contributed by atoms with Crippen molar-refractivity contribution in [1.29, 1.82) is 0 Å². The summed E-state index contributed by atoms with van der Waals surface area (Å²) in [6.45, 7) is 5.70. The molecule has 5 heteroatoms. The number of fused-ring (bicyclic) bond motifs is 1. The first-order valence-electron chi connectivity index (χ1n) is 10.9. The molecule has 1 aliphatic heterocycles. The molecule has 4 nitrogen and oxygen atoms in total. The molecule has 2 amide bonds. The largest absolute Gasteiger partial charge is 0.334 e. The summed E-state index contributed by atoms with van der Waals surface area (Å²) < 4.78 is 0.936. The number of hydrogen-bond acceptors (Lipinski definition) is 2. The number of halogens is 1. The standard InChI is InChI=1S/C25H31BrN2O2/c1-3-4-5-8-16-27(25(30)21-11-13-22(26)14-12-21)18-24(29)28-17-15-20-9-6-7-10-23(20)19(28)2/h6-7,9-14,19H,3-5,8,15-18H2,1-2H3. The van der Waals surface area contributed by atoms with Crippen molar-refractivity contribution < 1.29 is 9.59 Å². The van der Waals surface area contributed by atoms with Crippen LogP contribution >= 0.6 is 15.9 Å². The van der Waals surface area contributed by atoms with E-state index in [9.17, 15) is 9.59 Å². The van der Waals surface area contributed by atoms with Crippen LogP contribution < -0.4 is 0 Å². The summed E-state index contributed by atoms with van der Waals surface area (Å²) in [5.41, 5.74) is 3.15. The Morgan fingerprint density at radius 1 is 1.07 bits per heavy atom. The van der Waals surface area contributed by atoms with Crippen molar-refractivity contribution in [3.05, 3.63) is 69.7 Å². The Morgan fingerprint density at radius 2 is 1.80 bits per heavy atom. The van der Waals surface area contributed by atoms with E-state index in [2.05, 4.69) is 48.0 Å². The molecule has 1 atom stereocenters. The molecule has 0 aliphatic carbocycles. The molecule has 0 bridgehead atoms. The Morgan fingerprint density at radius 3 is 2.53 bits per heavy atom. The van der Waals surface area contributed by atoms with Crippen molar-refractivity contribution in [2.24, 2.45) is 0 Å². The van der Waals surface area contributed by atoms with E-state index in [-0.39, 0.29) is 24.4 Å². The molecule has 0 fully saturated rings. The average Bonchev–Trinajstić information content (AvgIpc) is 2.76. The topological polar surface area (TPSA) is 40.6 Å². The van der Waals surface area contributed by atoms with Crippen LogP contribution in [0.1, 0.15) is 67.1 Å². The van der Waals surface area contributed by atoms with Gasteiger partial charge in [-0.3, -0.25) is 9.59 Å². The smallest absolute Gasteiger partial charge is 0.254 e. The fraction of sp³-hybridized carbons (Fsp3) is 0.440. The molecule has 160 valence electrons. The number of rotatable bonds is 8. The highest BCUT2D eigenvalue weighted by Crippen LogP contribution is 2.29. The normalized spacial score (nSPS) is 15.6. The monoisotopic (exact) mass is 470 g/mol. The summed E-state index contributed by atoms with van der Waals surface area (Å²) in [5, 5.41) is 0. The van der Waals surface area contributed by atoms with Gasteiger partial charge in [-0.15, -0.1) is 0 Å². The van der Waals surface area contributed by atoms with Crippen molar-refractivity contribution in [3.63, 3.8) is 0 Å². The highest BCUT2D eigenvalue weighted by atomic mass is 79.9. The molecule has 0 N–H and O–H groups in total. The highest BCUT2D eigenvalue weighted by molar-refractivity contribution is 9.10. The van der Waals surface area contributed by atoms with Crippen molar-refractivity contribution in [2.75, 3.05) is 19.6 Å². The lowest BCUT2D eigenvalue weighted by Crippen LogP contribution is -2.46. The molecule has 0 saturated carbocycles. The summed E-state index contributed by atoms with van der Waals surface area (Å²) in [4.78, 5) is 30.0. The predicted octanol–water partition coefficient (Wildman–Crippen LogP) is 5.62. The molecule has 0 spiro atoms. The Kier molecular flexibility index (Phi) is 8.08. The van der Waals surface area contributed by atoms with Crippen LogP contribution in [0.15, 0.2) is 53.0 Å². The molecule has 1 unspecified atom stereocenters. The second kappa shape index (κ2) is 10.8. The number of carbonyl (C=O) groups is 2. The highest BCUT2D eigenvalue weighted by Gasteiger charge is 2.29. The molecule has 0 saturated heterocycles. The summed E-state index contributed by atoms with van der Waals surface area (Å²) in [6.07, 6.45) is 5.14.